The monoisotopic (exact) mass is 512 g/mol. The number of aromatic nitrogens is 4. The van der Waals surface area contributed by atoms with Crippen LogP contribution in [0.3, 0.4) is 0 Å². The summed E-state index contributed by atoms with van der Waals surface area (Å²) in [6.07, 6.45) is 0.779. The third-order valence-electron chi connectivity index (χ3n) is 5.05. The highest BCUT2D eigenvalue weighted by Crippen LogP contribution is 2.11. The maximum atomic E-state index is 12.5. The fourth-order valence-corrected chi connectivity index (χ4v) is 3.16. The Morgan fingerprint density at radius 3 is 2.46 bits per heavy atom. The molecule has 15 heteroatoms. The van der Waals surface area contributed by atoms with E-state index < -0.39 is 35.4 Å². The first-order valence-corrected chi connectivity index (χ1v) is 11.0. The van der Waals surface area contributed by atoms with E-state index in [4.69, 9.17) is 10.8 Å². The summed E-state index contributed by atoms with van der Waals surface area (Å²) >= 11 is 0. The molecule has 1 unspecified atom stereocenters. The summed E-state index contributed by atoms with van der Waals surface area (Å²) < 4.78 is 0. The molecule has 8 N–H and O–H groups in total. The Hall–Kier alpha value is -5.08. The van der Waals surface area contributed by atoms with Gasteiger partial charge in [0.25, 0.3) is 11.5 Å². The molecule has 1 aromatic carbocycles. The summed E-state index contributed by atoms with van der Waals surface area (Å²) in [6, 6.07) is 5.01. The van der Waals surface area contributed by atoms with Crippen LogP contribution in [0.25, 0.3) is 11.2 Å². The van der Waals surface area contributed by atoms with Crippen molar-refractivity contribution in [2.75, 3.05) is 17.6 Å². The third-order valence-corrected chi connectivity index (χ3v) is 5.05. The Morgan fingerprint density at radius 1 is 1.05 bits per heavy atom. The number of nitrogen functional groups attached to an aromatic ring is 1. The van der Waals surface area contributed by atoms with Crippen LogP contribution in [0.15, 0.2) is 35.3 Å². The largest absolute Gasteiger partial charge is 0.481 e. The van der Waals surface area contributed by atoms with Gasteiger partial charge < -0.3 is 31.9 Å². The number of hydrogen-bond donors (Lipinski definition) is 7. The number of amides is 2. The van der Waals surface area contributed by atoms with Crippen molar-refractivity contribution in [3.63, 3.8) is 0 Å². The number of carboxylic acids is 2. The van der Waals surface area contributed by atoms with Crippen LogP contribution in [-0.4, -0.2) is 66.5 Å². The molecule has 3 rings (SSSR count). The fraction of sp³-hybridized carbons (Fsp3) is 0.273. The zero-order chi connectivity index (χ0) is 26.9. The lowest BCUT2D eigenvalue weighted by Gasteiger charge is -2.15. The molecule has 194 valence electrons. The number of fused-ring (bicyclic) bond motifs is 1. The van der Waals surface area contributed by atoms with Gasteiger partial charge in [0.15, 0.2) is 11.2 Å². The number of anilines is 2. The van der Waals surface area contributed by atoms with Gasteiger partial charge in [-0.25, -0.2) is 14.8 Å². The molecule has 1 atom stereocenters. The Bertz CT molecular complexity index is 1370. The number of aliphatic carboxylic acids is 2. The summed E-state index contributed by atoms with van der Waals surface area (Å²) in [5.74, 6) is -3.27. The van der Waals surface area contributed by atoms with Crippen molar-refractivity contribution in [2.24, 2.45) is 0 Å². The molecule has 15 nitrogen and oxygen atoms in total. The van der Waals surface area contributed by atoms with Gasteiger partial charge in [0.05, 0.1) is 12.6 Å². The van der Waals surface area contributed by atoms with Gasteiger partial charge in [-0.05, 0) is 24.1 Å². The predicted molar refractivity (Wildman–Crippen MR) is 130 cm³/mol. The van der Waals surface area contributed by atoms with Crippen LogP contribution in [0.4, 0.5) is 11.8 Å². The maximum Gasteiger partial charge on any atom is 0.326 e. The Labute approximate surface area is 208 Å². The van der Waals surface area contributed by atoms with Gasteiger partial charge in [0.1, 0.15) is 11.9 Å². The summed E-state index contributed by atoms with van der Waals surface area (Å²) in [6.45, 7) is 0.217. The molecule has 2 heterocycles. The number of nitrogens with two attached hydrogens (primary N) is 1. The minimum Gasteiger partial charge on any atom is -0.481 e. The van der Waals surface area contributed by atoms with Crippen molar-refractivity contribution in [3.8, 4) is 0 Å². The molecule has 0 aliphatic carbocycles. The number of benzene rings is 1. The SMILES string of the molecule is Nc1nc2ncc(NCc3ccc(C(=O)NC(CCC(=O)NCCC(=O)O)C(=O)O)cc3)nc2c(=O)[nH]1. The van der Waals surface area contributed by atoms with Crippen LogP contribution in [0.5, 0.6) is 0 Å². The first-order chi connectivity index (χ1) is 17.6. The van der Waals surface area contributed by atoms with Crippen LogP contribution in [0, 0.1) is 0 Å². The van der Waals surface area contributed by atoms with E-state index in [1.54, 1.807) is 12.1 Å². The Morgan fingerprint density at radius 2 is 1.78 bits per heavy atom. The third kappa shape index (κ3) is 7.71. The Balaban J connectivity index is 1.53. The van der Waals surface area contributed by atoms with Crippen LogP contribution < -0.4 is 27.2 Å². The molecule has 0 fully saturated rings. The van der Waals surface area contributed by atoms with E-state index in [2.05, 4.69) is 35.9 Å². The number of nitrogens with zero attached hydrogens (tertiary/aromatic N) is 3. The lowest BCUT2D eigenvalue weighted by Crippen LogP contribution is -2.41. The number of carbonyl (C=O) groups excluding carboxylic acids is 2. The van der Waals surface area contributed by atoms with Crippen LogP contribution in [-0.2, 0) is 20.9 Å². The number of H-pyrrole nitrogens is 1. The summed E-state index contributed by atoms with van der Waals surface area (Å²) in [4.78, 5) is 72.7. The van der Waals surface area contributed by atoms with E-state index in [-0.39, 0.29) is 55.0 Å². The van der Waals surface area contributed by atoms with E-state index in [1.165, 1.54) is 18.3 Å². The molecule has 2 aromatic heterocycles. The molecule has 2 amide bonds. The van der Waals surface area contributed by atoms with Gasteiger partial charge >= 0.3 is 11.9 Å². The minimum absolute atomic E-state index is 0.0249. The quantitative estimate of drug-likeness (QED) is 0.162. The molecular formula is C22H24N8O7. The molecule has 0 radical (unpaired) electrons. The molecule has 37 heavy (non-hydrogen) atoms. The second kappa shape index (κ2) is 12.1. The maximum absolute atomic E-state index is 12.5. The Kier molecular flexibility index (Phi) is 8.64. The highest BCUT2D eigenvalue weighted by atomic mass is 16.4. The van der Waals surface area contributed by atoms with Crippen molar-refractivity contribution in [2.45, 2.75) is 31.8 Å². The van der Waals surface area contributed by atoms with Gasteiger partial charge in [0, 0.05) is 25.1 Å². The van der Waals surface area contributed by atoms with Gasteiger partial charge in [-0.1, -0.05) is 12.1 Å². The number of nitrogens with one attached hydrogen (secondary N) is 4. The van der Waals surface area contributed by atoms with E-state index >= 15 is 0 Å². The average Bonchev–Trinajstić information content (AvgIpc) is 2.85. The highest BCUT2D eigenvalue weighted by Gasteiger charge is 2.21. The first kappa shape index (κ1) is 26.5. The number of rotatable bonds is 12. The summed E-state index contributed by atoms with van der Waals surface area (Å²) in [5, 5.41) is 25.7. The highest BCUT2D eigenvalue weighted by molar-refractivity contribution is 5.96. The van der Waals surface area contributed by atoms with Crippen LogP contribution in [0.1, 0.15) is 35.2 Å². The fourth-order valence-electron chi connectivity index (χ4n) is 3.16. The van der Waals surface area contributed by atoms with Gasteiger partial charge in [-0.3, -0.25) is 24.2 Å². The van der Waals surface area contributed by atoms with Crippen molar-refractivity contribution in [1.82, 2.24) is 30.6 Å². The number of hydrogen-bond acceptors (Lipinski definition) is 10. The standard InChI is InChI=1S/C22H24N8O7/c23-22-29-18-17(20(35)30-22)28-14(10-26-18)25-9-11-1-3-12(4-2-11)19(34)27-13(21(36)37)5-6-15(31)24-8-7-16(32)33/h1-4,10,13H,5-9H2,(H,24,31)(H,25,28)(H,27,34)(H,32,33)(H,36,37)(H3,23,26,29,30,35). The van der Waals surface area contributed by atoms with E-state index in [9.17, 15) is 29.1 Å². The van der Waals surface area contributed by atoms with Crippen molar-refractivity contribution >= 4 is 46.7 Å². The smallest absolute Gasteiger partial charge is 0.326 e. The molecule has 0 bridgehead atoms. The van der Waals surface area contributed by atoms with Crippen molar-refractivity contribution in [3.05, 3.63) is 51.9 Å². The van der Waals surface area contributed by atoms with E-state index in [1.807, 2.05) is 0 Å². The number of aromatic amines is 1. The lowest BCUT2D eigenvalue weighted by atomic mass is 10.1. The van der Waals surface area contributed by atoms with Crippen LogP contribution >= 0.6 is 0 Å². The van der Waals surface area contributed by atoms with Gasteiger partial charge in [-0.2, -0.15) is 4.98 Å². The molecule has 0 aliphatic rings. The predicted octanol–water partition coefficient (Wildman–Crippen LogP) is -0.538. The van der Waals surface area contributed by atoms with Gasteiger partial charge in [-0.15, -0.1) is 0 Å². The van der Waals surface area contributed by atoms with Crippen LogP contribution in [0.2, 0.25) is 0 Å². The average molecular weight is 512 g/mol. The van der Waals surface area contributed by atoms with Crippen molar-refractivity contribution < 1.29 is 29.4 Å². The molecule has 0 saturated heterocycles. The number of carboxylic acid groups (broad SMARTS) is 2. The summed E-state index contributed by atoms with van der Waals surface area (Å²) in [7, 11) is 0. The second-order valence-electron chi connectivity index (χ2n) is 7.83. The topological polar surface area (TPSA) is 242 Å². The second-order valence-corrected chi connectivity index (χ2v) is 7.83. The number of carbonyl (C=O) groups is 4. The first-order valence-electron chi connectivity index (χ1n) is 11.0. The van der Waals surface area contributed by atoms with E-state index in [0.29, 0.717) is 5.82 Å². The van der Waals surface area contributed by atoms with Crippen molar-refractivity contribution in [1.29, 1.82) is 0 Å². The molecular weight excluding hydrogens is 488 g/mol. The normalized spacial score (nSPS) is 11.5. The van der Waals surface area contributed by atoms with Gasteiger partial charge in [0.2, 0.25) is 11.9 Å². The molecule has 0 spiro atoms. The lowest BCUT2D eigenvalue weighted by molar-refractivity contribution is -0.139. The molecule has 0 saturated carbocycles. The zero-order valence-corrected chi connectivity index (χ0v) is 19.4. The molecule has 3 aromatic rings. The van der Waals surface area contributed by atoms with E-state index in [0.717, 1.165) is 5.56 Å². The zero-order valence-electron chi connectivity index (χ0n) is 19.4. The summed E-state index contributed by atoms with van der Waals surface area (Å²) in [5.41, 5.74) is 6.07. The molecule has 0 aliphatic heterocycles. The minimum atomic E-state index is -1.31.